The number of halogens is 1. The average molecular weight is 362 g/mol. The zero-order valence-corrected chi connectivity index (χ0v) is 15.6. The third-order valence-electron chi connectivity index (χ3n) is 4.11. The second kappa shape index (κ2) is 9.33. The van der Waals surface area contributed by atoms with Crippen molar-refractivity contribution in [2.45, 2.75) is 32.2 Å². The first-order valence-corrected chi connectivity index (χ1v) is 8.71. The summed E-state index contributed by atoms with van der Waals surface area (Å²) < 4.78 is 10.6. The summed E-state index contributed by atoms with van der Waals surface area (Å²) in [5.41, 5.74) is 2.10. The van der Waals surface area contributed by atoms with Crippen molar-refractivity contribution >= 4 is 17.5 Å². The van der Waals surface area contributed by atoms with E-state index < -0.39 is 0 Å². The lowest BCUT2D eigenvalue weighted by molar-refractivity contribution is -0.121. The summed E-state index contributed by atoms with van der Waals surface area (Å²) in [5, 5.41) is 3.79. The average Bonchev–Trinajstić information content (AvgIpc) is 2.65. The largest absolute Gasteiger partial charge is 0.493 e. The number of benzene rings is 2. The zero-order chi connectivity index (χ0) is 18.2. The van der Waals surface area contributed by atoms with Crippen LogP contribution in [0.2, 0.25) is 5.02 Å². The van der Waals surface area contributed by atoms with Crippen LogP contribution in [0.4, 0.5) is 0 Å². The zero-order valence-electron chi connectivity index (χ0n) is 14.8. The van der Waals surface area contributed by atoms with Crippen LogP contribution in [0.5, 0.6) is 11.5 Å². The van der Waals surface area contributed by atoms with Gasteiger partial charge in [0, 0.05) is 11.4 Å². The molecule has 0 aliphatic heterocycles. The molecule has 0 heterocycles. The standard InChI is InChI=1S/C20H24ClNO3/c1-4-17(15-8-11-18(24-2)19(13-15)25-3)22-20(23)12-7-14-5-9-16(21)10-6-14/h5-6,8-11,13,17H,4,7,12H2,1-3H3,(H,22,23)/t17-/m1/s1. The topological polar surface area (TPSA) is 47.6 Å². The first-order chi connectivity index (χ1) is 12.1. The van der Waals surface area contributed by atoms with Crippen LogP contribution in [0, 0.1) is 0 Å². The van der Waals surface area contributed by atoms with E-state index in [0.717, 1.165) is 17.5 Å². The minimum Gasteiger partial charge on any atom is -0.493 e. The molecule has 25 heavy (non-hydrogen) atoms. The maximum absolute atomic E-state index is 12.3. The first kappa shape index (κ1) is 19.1. The van der Waals surface area contributed by atoms with E-state index in [2.05, 4.69) is 5.32 Å². The van der Waals surface area contributed by atoms with Crippen LogP contribution >= 0.6 is 11.6 Å². The van der Waals surface area contributed by atoms with Crippen molar-refractivity contribution in [2.24, 2.45) is 0 Å². The smallest absolute Gasteiger partial charge is 0.220 e. The summed E-state index contributed by atoms with van der Waals surface area (Å²) in [6.45, 7) is 2.04. The third-order valence-corrected chi connectivity index (χ3v) is 4.36. The van der Waals surface area contributed by atoms with Crippen LogP contribution in [0.25, 0.3) is 0 Å². The van der Waals surface area contributed by atoms with E-state index in [1.807, 2.05) is 49.4 Å². The summed E-state index contributed by atoms with van der Waals surface area (Å²) in [6, 6.07) is 13.2. The predicted molar refractivity (Wildman–Crippen MR) is 100 cm³/mol. The van der Waals surface area contributed by atoms with Gasteiger partial charge in [-0.15, -0.1) is 0 Å². The van der Waals surface area contributed by atoms with E-state index in [1.54, 1.807) is 14.2 Å². The van der Waals surface area contributed by atoms with Crippen LogP contribution < -0.4 is 14.8 Å². The molecule has 0 saturated carbocycles. The van der Waals surface area contributed by atoms with Crippen LogP contribution in [-0.4, -0.2) is 20.1 Å². The molecule has 1 amide bonds. The third kappa shape index (κ3) is 5.40. The van der Waals surface area contributed by atoms with E-state index in [-0.39, 0.29) is 11.9 Å². The number of hydrogen-bond acceptors (Lipinski definition) is 3. The molecule has 0 radical (unpaired) electrons. The van der Waals surface area contributed by atoms with Crippen molar-refractivity contribution in [3.8, 4) is 11.5 Å². The number of methoxy groups -OCH3 is 2. The Balaban J connectivity index is 1.98. The van der Waals surface area contributed by atoms with E-state index in [0.29, 0.717) is 29.4 Å². The molecule has 1 N–H and O–H groups in total. The SMILES string of the molecule is CC[C@@H](NC(=O)CCc1ccc(Cl)cc1)c1ccc(OC)c(OC)c1. The van der Waals surface area contributed by atoms with Crippen molar-refractivity contribution in [3.63, 3.8) is 0 Å². The fraction of sp³-hybridized carbons (Fsp3) is 0.350. The Bertz CT molecular complexity index is 701. The maximum atomic E-state index is 12.3. The number of carbonyl (C=O) groups excluding carboxylic acids is 1. The maximum Gasteiger partial charge on any atom is 0.220 e. The molecule has 2 aromatic rings. The highest BCUT2D eigenvalue weighted by molar-refractivity contribution is 6.30. The van der Waals surface area contributed by atoms with Gasteiger partial charge in [0.25, 0.3) is 0 Å². The molecule has 0 fully saturated rings. The molecule has 0 saturated heterocycles. The summed E-state index contributed by atoms with van der Waals surface area (Å²) in [7, 11) is 3.21. The molecule has 0 bridgehead atoms. The monoisotopic (exact) mass is 361 g/mol. The summed E-state index contributed by atoms with van der Waals surface area (Å²) in [6.07, 6.45) is 1.92. The molecular weight excluding hydrogens is 338 g/mol. The van der Waals surface area contributed by atoms with Crippen molar-refractivity contribution in [2.75, 3.05) is 14.2 Å². The van der Waals surface area contributed by atoms with Gasteiger partial charge in [-0.1, -0.05) is 36.7 Å². The number of amides is 1. The molecule has 0 unspecified atom stereocenters. The lowest BCUT2D eigenvalue weighted by Crippen LogP contribution is -2.28. The van der Waals surface area contributed by atoms with Crippen molar-refractivity contribution in [1.29, 1.82) is 0 Å². The van der Waals surface area contributed by atoms with Crippen molar-refractivity contribution in [1.82, 2.24) is 5.32 Å². The van der Waals surface area contributed by atoms with E-state index in [4.69, 9.17) is 21.1 Å². The van der Waals surface area contributed by atoms with Crippen molar-refractivity contribution < 1.29 is 14.3 Å². The molecule has 2 rings (SSSR count). The minimum absolute atomic E-state index is 0.0246. The van der Waals surface area contributed by atoms with Crippen LogP contribution in [-0.2, 0) is 11.2 Å². The Labute approximate surface area is 154 Å². The first-order valence-electron chi connectivity index (χ1n) is 8.33. The van der Waals surface area contributed by atoms with Gasteiger partial charge in [0.05, 0.1) is 20.3 Å². The molecule has 0 spiro atoms. The molecule has 1 atom stereocenters. The van der Waals surface area contributed by atoms with Gasteiger partial charge in [0.15, 0.2) is 11.5 Å². The number of carbonyl (C=O) groups is 1. The van der Waals surface area contributed by atoms with Crippen LogP contribution in [0.3, 0.4) is 0 Å². The molecular formula is C20H24ClNO3. The Hall–Kier alpha value is -2.20. The number of rotatable bonds is 8. The molecule has 0 aromatic heterocycles. The van der Waals surface area contributed by atoms with Crippen molar-refractivity contribution in [3.05, 3.63) is 58.6 Å². The fourth-order valence-electron chi connectivity index (χ4n) is 2.67. The predicted octanol–water partition coefficient (Wildman–Crippen LogP) is 4.56. The second-order valence-corrected chi connectivity index (χ2v) is 6.21. The number of hydrogen-bond donors (Lipinski definition) is 1. The highest BCUT2D eigenvalue weighted by Gasteiger charge is 2.15. The highest BCUT2D eigenvalue weighted by atomic mass is 35.5. The van der Waals surface area contributed by atoms with Gasteiger partial charge in [0.2, 0.25) is 5.91 Å². The summed E-state index contributed by atoms with van der Waals surface area (Å²) in [4.78, 5) is 12.3. The van der Waals surface area contributed by atoms with Gasteiger partial charge >= 0.3 is 0 Å². The normalized spacial score (nSPS) is 11.7. The lowest BCUT2D eigenvalue weighted by Gasteiger charge is -2.19. The highest BCUT2D eigenvalue weighted by Crippen LogP contribution is 2.30. The minimum atomic E-state index is -0.0578. The Morgan fingerprint density at radius 1 is 1.08 bits per heavy atom. The lowest BCUT2D eigenvalue weighted by atomic mass is 10.0. The Morgan fingerprint density at radius 2 is 1.76 bits per heavy atom. The van der Waals surface area contributed by atoms with Gasteiger partial charge in [0.1, 0.15) is 0 Å². The van der Waals surface area contributed by atoms with Crippen LogP contribution in [0.1, 0.15) is 36.9 Å². The number of ether oxygens (including phenoxy) is 2. The van der Waals surface area contributed by atoms with E-state index in [9.17, 15) is 4.79 Å². The van der Waals surface area contributed by atoms with E-state index >= 15 is 0 Å². The summed E-state index contributed by atoms with van der Waals surface area (Å²) >= 11 is 5.88. The van der Waals surface area contributed by atoms with Gasteiger partial charge in [-0.2, -0.15) is 0 Å². The number of nitrogens with one attached hydrogen (secondary N) is 1. The molecule has 2 aromatic carbocycles. The summed E-state index contributed by atoms with van der Waals surface area (Å²) in [5.74, 6) is 1.36. The van der Waals surface area contributed by atoms with Gasteiger partial charge in [-0.25, -0.2) is 0 Å². The van der Waals surface area contributed by atoms with E-state index in [1.165, 1.54) is 0 Å². The quantitative estimate of drug-likeness (QED) is 0.749. The molecule has 0 aliphatic carbocycles. The Morgan fingerprint density at radius 3 is 2.36 bits per heavy atom. The Kier molecular flexibility index (Phi) is 7.14. The molecule has 0 aliphatic rings. The molecule has 5 heteroatoms. The second-order valence-electron chi connectivity index (χ2n) is 5.77. The number of aryl methyl sites for hydroxylation is 1. The molecule has 4 nitrogen and oxygen atoms in total. The molecule has 134 valence electrons. The van der Waals surface area contributed by atoms with Crippen LogP contribution in [0.15, 0.2) is 42.5 Å². The van der Waals surface area contributed by atoms with Gasteiger partial charge in [-0.3, -0.25) is 4.79 Å². The fourth-order valence-corrected chi connectivity index (χ4v) is 2.79. The van der Waals surface area contributed by atoms with Gasteiger partial charge < -0.3 is 14.8 Å². The van der Waals surface area contributed by atoms with Gasteiger partial charge in [-0.05, 0) is 48.2 Å².